The minimum atomic E-state index is -0.172. The third-order valence-corrected chi connectivity index (χ3v) is 3.81. The molecule has 1 aliphatic rings. The van der Waals surface area contributed by atoms with Gasteiger partial charge < -0.3 is 10.1 Å². The Kier molecular flexibility index (Phi) is 5.81. The van der Waals surface area contributed by atoms with Crippen LogP contribution in [0, 0.1) is 11.8 Å². The first-order valence-electron chi connectivity index (χ1n) is 6.48. The van der Waals surface area contributed by atoms with Crippen LogP contribution in [0.25, 0.3) is 0 Å². The number of hydrogen-bond donors (Lipinski definition) is 1. The fourth-order valence-electron chi connectivity index (χ4n) is 2.45. The van der Waals surface area contributed by atoms with Gasteiger partial charge in [0.15, 0.2) is 0 Å². The molecule has 0 aromatic carbocycles. The summed E-state index contributed by atoms with van der Waals surface area (Å²) in [4.78, 5) is 11.2. The standard InChI is InChI=1S/C13H25NO2/c1-4-11-5-7-12(8-6-11)9-14-10(2)13(15)16-3/h10-12,14H,4-9H2,1-3H3. The van der Waals surface area contributed by atoms with E-state index in [-0.39, 0.29) is 12.0 Å². The fourth-order valence-corrected chi connectivity index (χ4v) is 2.45. The summed E-state index contributed by atoms with van der Waals surface area (Å²) in [6.45, 7) is 5.10. The van der Waals surface area contributed by atoms with Crippen molar-refractivity contribution in [2.24, 2.45) is 11.8 Å². The lowest BCUT2D eigenvalue weighted by Gasteiger charge is -2.28. The van der Waals surface area contributed by atoms with Crippen LogP contribution in [0.1, 0.15) is 46.0 Å². The van der Waals surface area contributed by atoms with E-state index in [1.165, 1.54) is 39.2 Å². The number of nitrogens with one attached hydrogen (secondary N) is 1. The second-order valence-corrected chi connectivity index (χ2v) is 4.95. The maximum atomic E-state index is 11.2. The van der Waals surface area contributed by atoms with Crippen molar-refractivity contribution in [2.75, 3.05) is 13.7 Å². The molecule has 3 heteroatoms. The molecule has 0 heterocycles. The number of esters is 1. The van der Waals surface area contributed by atoms with E-state index in [1.807, 2.05) is 6.92 Å². The predicted octanol–water partition coefficient (Wildman–Crippen LogP) is 2.35. The number of hydrogen-bond acceptors (Lipinski definition) is 3. The Morgan fingerprint density at radius 2 is 1.88 bits per heavy atom. The van der Waals surface area contributed by atoms with Gasteiger partial charge in [-0.15, -0.1) is 0 Å². The third kappa shape index (κ3) is 4.12. The SMILES string of the molecule is CCC1CCC(CNC(C)C(=O)OC)CC1. The number of carbonyl (C=O) groups is 1. The molecule has 1 saturated carbocycles. The van der Waals surface area contributed by atoms with Crippen molar-refractivity contribution in [2.45, 2.75) is 52.0 Å². The Balaban J connectivity index is 2.17. The highest BCUT2D eigenvalue weighted by Gasteiger charge is 2.21. The molecule has 1 rings (SSSR count). The van der Waals surface area contributed by atoms with Crippen molar-refractivity contribution in [3.63, 3.8) is 0 Å². The van der Waals surface area contributed by atoms with Gasteiger partial charge in [-0.05, 0) is 38.1 Å². The lowest BCUT2D eigenvalue weighted by atomic mass is 9.81. The fraction of sp³-hybridized carbons (Fsp3) is 0.923. The Morgan fingerprint density at radius 1 is 1.31 bits per heavy atom. The summed E-state index contributed by atoms with van der Waals surface area (Å²) >= 11 is 0. The molecule has 1 unspecified atom stereocenters. The second kappa shape index (κ2) is 6.89. The highest BCUT2D eigenvalue weighted by atomic mass is 16.5. The molecular weight excluding hydrogens is 202 g/mol. The van der Waals surface area contributed by atoms with Crippen LogP contribution in [0.4, 0.5) is 0 Å². The lowest BCUT2D eigenvalue weighted by Crippen LogP contribution is -2.38. The van der Waals surface area contributed by atoms with Gasteiger partial charge in [-0.1, -0.05) is 26.2 Å². The molecule has 0 spiro atoms. The van der Waals surface area contributed by atoms with E-state index in [0.717, 1.165) is 18.4 Å². The van der Waals surface area contributed by atoms with Crippen LogP contribution in [-0.4, -0.2) is 25.7 Å². The summed E-state index contributed by atoms with van der Waals surface area (Å²) in [7, 11) is 1.44. The van der Waals surface area contributed by atoms with Crippen LogP contribution in [-0.2, 0) is 9.53 Å². The van der Waals surface area contributed by atoms with Crippen molar-refractivity contribution in [3.8, 4) is 0 Å². The summed E-state index contributed by atoms with van der Waals surface area (Å²) in [5, 5.41) is 3.26. The summed E-state index contributed by atoms with van der Waals surface area (Å²) in [6.07, 6.45) is 6.64. The molecule has 1 atom stereocenters. The molecule has 1 aliphatic carbocycles. The van der Waals surface area contributed by atoms with Crippen LogP contribution >= 0.6 is 0 Å². The van der Waals surface area contributed by atoms with Gasteiger partial charge in [0.1, 0.15) is 6.04 Å². The molecule has 0 aromatic rings. The van der Waals surface area contributed by atoms with Crippen molar-refractivity contribution < 1.29 is 9.53 Å². The first-order valence-corrected chi connectivity index (χ1v) is 6.48. The van der Waals surface area contributed by atoms with Gasteiger partial charge in [0.05, 0.1) is 7.11 Å². The second-order valence-electron chi connectivity index (χ2n) is 4.95. The molecule has 0 aliphatic heterocycles. The number of methoxy groups -OCH3 is 1. The molecule has 0 radical (unpaired) electrons. The molecule has 0 amide bonds. The normalized spacial score (nSPS) is 27.4. The third-order valence-electron chi connectivity index (χ3n) is 3.81. The molecule has 0 bridgehead atoms. The maximum Gasteiger partial charge on any atom is 0.322 e. The van der Waals surface area contributed by atoms with E-state index in [9.17, 15) is 4.79 Å². The quantitative estimate of drug-likeness (QED) is 0.733. The topological polar surface area (TPSA) is 38.3 Å². The minimum absolute atomic E-state index is 0.165. The summed E-state index contributed by atoms with van der Waals surface area (Å²) in [6, 6.07) is -0.172. The number of rotatable bonds is 5. The van der Waals surface area contributed by atoms with E-state index in [1.54, 1.807) is 0 Å². The van der Waals surface area contributed by atoms with Crippen LogP contribution in [0.3, 0.4) is 0 Å². The van der Waals surface area contributed by atoms with E-state index in [0.29, 0.717) is 0 Å². The maximum absolute atomic E-state index is 11.2. The van der Waals surface area contributed by atoms with Crippen LogP contribution in [0.2, 0.25) is 0 Å². The minimum Gasteiger partial charge on any atom is -0.468 e. The first-order chi connectivity index (χ1) is 7.67. The van der Waals surface area contributed by atoms with Crippen molar-refractivity contribution >= 4 is 5.97 Å². The lowest BCUT2D eigenvalue weighted by molar-refractivity contribution is -0.142. The van der Waals surface area contributed by atoms with Gasteiger partial charge in [0.2, 0.25) is 0 Å². The van der Waals surface area contributed by atoms with Crippen molar-refractivity contribution in [1.29, 1.82) is 0 Å². The summed E-state index contributed by atoms with van der Waals surface area (Å²) < 4.78 is 4.68. The van der Waals surface area contributed by atoms with Gasteiger partial charge in [-0.2, -0.15) is 0 Å². The van der Waals surface area contributed by atoms with Gasteiger partial charge >= 0.3 is 5.97 Å². The average molecular weight is 227 g/mol. The molecule has 16 heavy (non-hydrogen) atoms. The zero-order valence-electron chi connectivity index (χ0n) is 10.8. The Bertz CT molecular complexity index is 210. The zero-order chi connectivity index (χ0) is 12.0. The van der Waals surface area contributed by atoms with E-state index < -0.39 is 0 Å². The summed E-state index contributed by atoms with van der Waals surface area (Å²) in [5.74, 6) is 1.52. The molecule has 3 nitrogen and oxygen atoms in total. The predicted molar refractivity (Wildman–Crippen MR) is 65.2 cm³/mol. The van der Waals surface area contributed by atoms with Gasteiger partial charge in [-0.25, -0.2) is 0 Å². The van der Waals surface area contributed by atoms with E-state index in [2.05, 4.69) is 17.0 Å². The van der Waals surface area contributed by atoms with Crippen LogP contribution in [0.15, 0.2) is 0 Å². The Morgan fingerprint density at radius 3 is 2.38 bits per heavy atom. The smallest absolute Gasteiger partial charge is 0.322 e. The zero-order valence-corrected chi connectivity index (χ0v) is 10.8. The molecular formula is C13H25NO2. The van der Waals surface area contributed by atoms with Crippen molar-refractivity contribution in [3.05, 3.63) is 0 Å². The molecule has 1 N–H and O–H groups in total. The van der Waals surface area contributed by atoms with Gasteiger partial charge in [0, 0.05) is 0 Å². The molecule has 1 fully saturated rings. The van der Waals surface area contributed by atoms with Gasteiger partial charge in [-0.3, -0.25) is 4.79 Å². The monoisotopic (exact) mass is 227 g/mol. The average Bonchev–Trinajstić information content (AvgIpc) is 2.35. The molecule has 0 saturated heterocycles. The number of ether oxygens (including phenoxy) is 1. The first kappa shape index (κ1) is 13.5. The molecule has 94 valence electrons. The van der Waals surface area contributed by atoms with Crippen LogP contribution in [0.5, 0.6) is 0 Å². The van der Waals surface area contributed by atoms with Gasteiger partial charge in [0.25, 0.3) is 0 Å². The Labute approximate surface area is 98.9 Å². The highest BCUT2D eigenvalue weighted by Crippen LogP contribution is 2.30. The van der Waals surface area contributed by atoms with E-state index in [4.69, 9.17) is 0 Å². The Hall–Kier alpha value is -0.570. The van der Waals surface area contributed by atoms with E-state index >= 15 is 0 Å². The highest BCUT2D eigenvalue weighted by molar-refractivity contribution is 5.75. The summed E-state index contributed by atoms with van der Waals surface area (Å²) in [5.41, 5.74) is 0. The van der Waals surface area contributed by atoms with Crippen LogP contribution < -0.4 is 5.32 Å². The van der Waals surface area contributed by atoms with Crippen molar-refractivity contribution in [1.82, 2.24) is 5.32 Å². The largest absolute Gasteiger partial charge is 0.468 e. The number of carbonyl (C=O) groups excluding carboxylic acids is 1. The molecule has 0 aromatic heterocycles.